The van der Waals surface area contributed by atoms with Gasteiger partial charge >= 0.3 is 0 Å². The van der Waals surface area contributed by atoms with Crippen molar-refractivity contribution in [2.45, 2.75) is 13.3 Å². The lowest BCUT2D eigenvalue weighted by Gasteiger charge is -2.07. The Morgan fingerprint density at radius 1 is 1.21 bits per heavy atom. The first kappa shape index (κ1) is 13.9. The molecule has 4 nitrogen and oxygen atoms in total. The Bertz CT molecular complexity index is 473. The van der Waals surface area contributed by atoms with Gasteiger partial charge in [-0.15, -0.1) is 0 Å². The van der Waals surface area contributed by atoms with Crippen molar-refractivity contribution in [3.8, 4) is 0 Å². The van der Waals surface area contributed by atoms with Crippen LogP contribution in [0.3, 0.4) is 0 Å². The minimum Gasteiger partial charge on any atom is -0.354 e. The number of benzene rings is 1. The van der Waals surface area contributed by atoms with Gasteiger partial charge in [-0.2, -0.15) is 0 Å². The van der Waals surface area contributed by atoms with Crippen LogP contribution in [0.5, 0.6) is 0 Å². The highest BCUT2D eigenvalue weighted by molar-refractivity contribution is 6.30. The molecule has 0 aromatic heterocycles. The lowest BCUT2D eigenvalue weighted by atomic mass is 10.2. The highest BCUT2D eigenvalue weighted by atomic mass is 35.5. The Hall–Kier alpha value is -1.55. The maximum atomic E-state index is 11.7. The summed E-state index contributed by atoms with van der Waals surface area (Å²) in [5.74, 6) is 0.606. The number of carbonyl (C=O) groups is 2. The van der Waals surface area contributed by atoms with Gasteiger partial charge in [0.2, 0.25) is 5.91 Å². The SMILES string of the molecule is C[C@H]1C[C@@H]1C(=O)NCCNC(=O)c1ccc(Cl)cc1. The number of halogens is 1. The zero-order valence-electron chi connectivity index (χ0n) is 10.8. The van der Waals surface area contributed by atoms with Crippen LogP contribution in [-0.2, 0) is 4.79 Å². The molecular weight excluding hydrogens is 264 g/mol. The van der Waals surface area contributed by atoms with Gasteiger partial charge in [-0.25, -0.2) is 0 Å². The second-order valence-electron chi connectivity index (χ2n) is 4.87. The van der Waals surface area contributed by atoms with E-state index in [2.05, 4.69) is 17.6 Å². The van der Waals surface area contributed by atoms with Gasteiger partial charge in [-0.1, -0.05) is 18.5 Å². The summed E-state index contributed by atoms with van der Waals surface area (Å²) in [6.45, 7) is 2.95. The first-order valence-corrected chi connectivity index (χ1v) is 6.77. The summed E-state index contributed by atoms with van der Waals surface area (Å²) < 4.78 is 0. The van der Waals surface area contributed by atoms with Crippen LogP contribution >= 0.6 is 11.6 Å². The zero-order valence-corrected chi connectivity index (χ0v) is 11.5. The third-order valence-corrected chi connectivity index (χ3v) is 3.51. The van der Waals surface area contributed by atoms with Crippen molar-refractivity contribution >= 4 is 23.4 Å². The van der Waals surface area contributed by atoms with Crippen molar-refractivity contribution < 1.29 is 9.59 Å². The number of amides is 2. The molecular formula is C14H17ClN2O2. The van der Waals surface area contributed by atoms with Crippen molar-refractivity contribution in [2.24, 2.45) is 11.8 Å². The van der Waals surface area contributed by atoms with Crippen LogP contribution in [0.15, 0.2) is 24.3 Å². The molecule has 19 heavy (non-hydrogen) atoms. The molecule has 0 unspecified atom stereocenters. The van der Waals surface area contributed by atoms with E-state index in [-0.39, 0.29) is 17.7 Å². The summed E-state index contributed by atoms with van der Waals surface area (Å²) in [5.41, 5.74) is 0.562. The van der Waals surface area contributed by atoms with Gasteiger partial charge in [-0.05, 0) is 36.6 Å². The maximum Gasteiger partial charge on any atom is 0.251 e. The van der Waals surface area contributed by atoms with Crippen LogP contribution in [0.25, 0.3) is 0 Å². The lowest BCUT2D eigenvalue weighted by Crippen LogP contribution is -2.35. The summed E-state index contributed by atoms with van der Waals surface area (Å²) in [6.07, 6.45) is 0.975. The second-order valence-corrected chi connectivity index (χ2v) is 5.31. The van der Waals surface area contributed by atoms with Crippen LogP contribution in [0.2, 0.25) is 5.02 Å². The molecule has 0 bridgehead atoms. The summed E-state index contributed by atoms with van der Waals surface area (Å²) >= 11 is 5.75. The predicted molar refractivity (Wildman–Crippen MR) is 74.1 cm³/mol. The van der Waals surface area contributed by atoms with Crippen molar-refractivity contribution in [1.82, 2.24) is 10.6 Å². The standard InChI is InChI=1S/C14H17ClN2O2/c1-9-8-12(9)14(19)17-7-6-16-13(18)10-2-4-11(15)5-3-10/h2-5,9,12H,6-8H2,1H3,(H,16,18)(H,17,19)/t9-,12-/m0/s1. The van der Waals surface area contributed by atoms with Crippen LogP contribution in [0.1, 0.15) is 23.7 Å². The molecule has 2 atom stereocenters. The van der Waals surface area contributed by atoms with Gasteiger partial charge in [0.05, 0.1) is 0 Å². The van der Waals surface area contributed by atoms with Gasteiger partial charge in [-0.3, -0.25) is 9.59 Å². The Kier molecular flexibility index (Phi) is 4.43. The van der Waals surface area contributed by atoms with E-state index in [1.54, 1.807) is 24.3 Å². The van der Waals surface area contributed by atoms with E-state index in [1.165, 1.54) is 0 Å². The number of rotatable bonds is 5. The van der Waals surface area contributed by atoms with Crippen molar-refractivity contribution in [3.63, 3.8) is 0 Å². The van der Waals surface area contributed by atoms with Crippen LogP contribution < -0.4 is 10.6 Å². The second kappa shape index (κ2) is 6.06. The van der Waals surface area contributed by atoms with Crippen molar-refractivity contribution in [1.29, 1.82) is 0 Å². The summed E-state index contributed by atoms with van der Waals surface area (Å²) in [7, 11) is 0. The van der Waals surface area contributed by atoms with Gasteiger partial charge in [0.1, 0.15) is 0 Å². The average Bonchev–Trinajstić information content (AvgIpc) is 3.12. The first-order valence-electron chi connectivity index (χ1n) is 6.39. The van der Waals surface area contributed by atoms with E-state index in [4.69, 9.17) is 11.6 Å². The summed E-state index contributed by atoms with van der Waals surface area (Å²) in [4.78, 5) is 23.3. The Morgan fingerprint density at radius 3 is 2.37 bits per heavy atom. The predicted octanol–water partition coefficient (Wildman–Crippen LogP) is 1.84. The Labute approximate surface area is 117 Å². The van der Waals surface area contributed by atoms with Crippen LogP contribution in [0.4, 0.5) is 0 Å². The molecule has 1 fully saturated rings. The molecule has 0 radical (unpaired) electrons. The first-order chi connectivity index (χ1) is 9.08. The van der Waals surface area contributed by atoms with Crippen LogP contribution in [0, 0.1) is 11.8 Å². The monoisotopic (exact) mass is 280 g/mol. The molecule has 1 aromatic carbocycles. The molecule has 0 aliphatic heterocycles. The van der Waals surface area contributed by atoms with Gasteiger partial charge in [0.15, 0.2) is 0 Å². The summed E-state index contributed by atoms with van der Waals surface area (Å²) in [6, 6.07) is 6.68. The van der Waals surface area contributed by atoms with Crippen molar-refractivity contribution in [3.05, 3.63) is 34.9 Å². The maximum absolute atomic E-state index is 11.7. The van der Waals surface area contributed by atoms with Crippen LogP contribution in [-0.4, -0.2) is 24.9 Å². The molecule has 2 rings (SSSR count). The normalized spacial score (nSPS) is 20.7. The molecule has 1 saturated carbocycles. The van der Waals surface area contributed by atoms with E-state index in [0.717, 1.165) is 6.42 Å². The summed E-state index contributed by atoms with van der Waals surface area (Å²) in [5, 5.41) is 6.16. The van der Waals surface area contributed by atoms with E-state index in [0.29, 0.717) is 29.6 Å². The molecule has 1 aromatic rings. The average molecular weight is 281 g/mol. The quantitative estimate of drug-likeness (QED) is 0.809. The fourth-order valence-electron chi connectivity index (χ4n) is 1.88. The molecule has 2 N–H and O–H groups in total. The molecule has 1 aliphatic rings. The van der Waals surface area contributed by atoms with Crippen molar-refractivity contribution in [2.75, 3.05) is 13.1 Å². The molecule has 2 amide bonds. The minimum absolute atomic E-state index is 0.0910. The number of hydrogen-bond acceptors (Lipinski definition) is 2. The molecule has 5 heteroatoms. The molecule has 102 valence electrons. The van der Waals surface area contributed by atoms with Gasteiger partial charge in [0, 0.05) is 29.6 Å². The van der Waals surface area contributed by atoms with E-state index in [1.807, 2.05) is 0 Å². The Balaban J connectivity index is 1.66. The highest BCUT2D eigenvalue weighted by Gasteiger charge is 2.38. The van der Waals surface area contributed by atoms with E-state index in [9.17, 15) is 9.59 Å². The molecule has 0 heterocycles. The topological polar surface area (TPSA) is 58.2 Å². The van der Waals surface area contributed by atoms with E-state index >= 15 is 0 Å². The highest BCUT2D eigenvalue weighted by Crippen LogP contribution is 2.37. The Morgan fingerprint density at radius 2 is 1.79 bits per heavy atom. The zero-order chi connectivity index (χ0) is 13.8. The fraction of sp³-hybridized carbons (Fsp3) is 0.429. The fourth-order valence-corrected chi connectivity index (χ4v) is 2.01. The molecule has 0 spiro atoms. The lowest BCUT2D eigenvalue weighted by molar-refractivity contribution is -0.122. The third-order valence-electron chi connectivity index (χ3n) is 3.26. The third kappa shape index (κ3) is 3.96. The van der Waals surface area contributed by atoms with Gasteiger partial charge < -0.3 is 10.6 Å². The number of carbonyl (C=O) groups excluding carboxylic acids is 2. The molecule has 1 aliphatic carbocycles. The number of hydrogen-bond donors (Lipinski definition) is 2. The smallest absolute Gasteiger partial charge is 0.251 e. The minimum atomic E-state index is -0.161. The molecule has 0 saturated heterocycles. The van der Waals surface area contributed by atoms with E-state index < -0.39 is 0 Å². The number of nitrogens with one attached hydrogen (secondary N) is 2. The largest absolute Gasteiger partial charge is 0.354 e. The van der Waals surface area contributed by atoms with Gasteiger partial charge in [0.25, 0.3) is 5.91 Å².